The van der Waals surface area contributed by atoms with Crippen LogP contribution in [0.4, 0.5) is 10.5 Å². The second-order valence-corrected chi connectivity index (χ2v) is 8.31. The van der Waals surface area contributed by atoms with E-state index in [2.05, 4.69) is 25.2 Å². The van der Waals surface area contributed by atoms with E-state index in [0.717, 1.165) is 43.5 Å². The van der Waals surface area contributed by atoms with Crippen LogP contribution in [0.2, 0.25) is 0 Å². The summed E-state index contributed by atoms with van der Waals surface area (Å²) in [6.07, 6.45) is 4.00. The lowest BCUT2D eigenvalue weighted by Gasteiger charge is -2.26. The van der Waals surface area contributed by atoms with Gasteiger partial charge in [0.1, 0.15) is 5.75 Å². The molecular formula is C25H34N2O4. The number of urea groups is 1. The number of nitrogens with one attached hydrogen (secondary N) is 1. The molecule has 6 heteroatoms. The Kier molecular flexibility index (Phi) is 8.04. The number of rotatable bonds is 9. The second-order valence-electron chi connectivity index (χ2n) is 8.31. The molecule has 1 fully saturated rings. The van der Waals surface area contributed by atoms with Gasteiger partial charge in [-0.25, -0.2) is 4.79 Å². The molecule has 1 atom stereocenters. The summed E-state index contributed by atoms with van der Waals surface area (Å²) in [4.78, 5) is 15.0. The van der Waals surface area contributed by atoms with Gasteiger partial charge in [0.2, 0.25) is 0 Å². The van der Waals surface area contributed by atoms with Crippen molar-refractivity contribution in [1.82, 2.24) is 4.90 Å². The molecule has 0 bridgehead atoms. The summed E-state index contributed by atoms with van der Waals surface area (Å²) in [6.45, 7) is 5.75. The molecular weight excluding hydrogens is 392 g/mol. The second kappa shape index (κ2) is 10.9. The highest BCUT2D eigenvalue weighted by Gasteiger charge is 2.30. The Morgan fingerprint density at radius 3 is 2.71 bits per heavy atom. The lowest BCUT2D eigenvalue weighted by atomic mass is 10.0. The lowest BCUT2D eigenvalue weighted by Crippen LogP contribution is -2.34. The van der Waals surface area contributed by atoms with Gasteiger partial charge in [0.05, 0.1) is 26.9 Å². The zero-order chi connectivity index (χ0) is 22.2. The van der Waals surface area contributed by atoms with E-state index in [9.17, 15) is 4.79 Å². The Morgan fingerprint density at radius 1 is 1.13 bits per heavy atom. The van der Waals surface area contributed by atoms with Crippen molar-refractivity contribution in [2.45, 2.75) is 45.6 Å². The van der Waals surface area contributed by atoms with Gasteiger partial charge in [-0.1, -0.05) is 26.0 Å². The molecule has 0 saturated carbocycles. The van der Waals surface area contributed by atoms with Crippen LogP contribution in [-0.2, 0) is 0 Å². The van der Waals surface area contributed by atoms with Crippen molar-refractivity contribution < 1.29 is 19.0 Å². The van der Waals surface area contributed by atoms with E-state index >= 15 is 0 Å². The minimum atomic E-state index is -0.110. The molecule has 0 aromatic heterocycles. The number of carbonyl (C=O) groups excluding carboxylic acids is 1. The maximum absolute atomic E-state index is 13.1. The van der Waals surface area contributed by atoms with E-state index in [1.54, 1.807) is 14.2 Å². The van der Waals surface area contributed by atoms with Crippen LogP contribution < -0.4 is 19.5 Å². The van der Waals surface area contributed by atoms with Crippen LogP contribution in [0.5, 0.6) is 17.2 Å². The minimum Gasteiger partial charge on any atom is -0.497 e. The molecule has 2 aromatic rings. The Morgan fingerprint density at radius 2 is 1.97 bits per heavy atom. The summed E-state index contributed by atoms with van der Waals surface area (Å²) in [5.74, 6) is 2.76. The van der Waals surface area contributed by atoms with Crippen LogP contribution >= 0.6 is 0 Å². The third-order valence-corrected chi connectivity index (χ3v) is 5.59. The Hall–Kier alpha value is -2.89. The fraction of sp³-hybridized carbons (Fsp3) is 0.480. The van der Waals surface area contributed by atoms with E-state index < -0.39 is 0 Å². The third kappa shape index (κ3) is 6.06. The number of nitrogens with zero attached hydrogens (tertiary/aromatic N) is 1. The molecule has 1 aliphatic rings. The first-order chi connectivity index (χ1) is 15.0. The van der Waals surface area contributed by atoms with Gasteiger partial charge in [0.25, 0.3) is 0 Å². The van der Waals surface area contributed by atoms with Gasteiger partial charge >= 0.3 is 6.03 Å². The number of hydrogen-bond acceptors (Lipinski definition) is 4. The number of ether oxygens (including phenoxy) is 3. The Labute approximate surface area is 185 Å². The van der Waals surface area contributed by atoms with Crippen molar-refractivity contribution in [1.29, 1.82) is 0 Å². The highest BCUT2D eigenvalue weighted by atomic mass is 16.5. The molecule has 2 amide bonds. The van der Waals surface area contributed by atoms with Crippen molar-refractivity contribution in [3.63, 3.8) is 0 Å². The molecule has 1 aliphatic heterocycles. The van der Waals surface area contributed by atoms with Gasteiger partial charge in [0, 0.05) is 18.3 Å². The summed E-state index contributed by atoms with van der Waals surface area (Å²) in [7, 11) is 3.28. The van der Waals surface area contributed by atoms with Gasteiger partial charge in [-0.15, -0.1) is 0 Å². The highest BCUT2D eigenvalue weighted by molar-refractivity contribution is 5.90. The van der Waals surface area contributed by atoms with E-state index in [-0.39, 0.29) is 12.1 Å². The maximum Gasteiger partial charge on any atom is 0.322 e. The molecule has 168 valence electrons. The topological polar surface area (TPSA) is 60.0 Å². The molecule has 6 nitrogen and oxygen atoms in total. The first-order valence-electron chi connectivity index (χ1n) is 11.0. The van der Waals surface area contributed by atoms with Gasteiger partial charge in [-0.3, -0.25) is 0 Å². The normalized spacial score (nSPS) is 15.8. The molecule has 0 aliphatic carbocycles. The Bertz CT molecular complexity index is 868. The quantitative estimate of drug-likeness (QED) is 0.508. The monoisotopic (exact) mass is 426 g/mol. The highest BCUT2D eigenvalue weighted by Crippen LogP contribution is 2.35. The molecule has 1 saturated heterocycles. The predicted molar refractivity (Wildman–Crippen MR) is 123 cm³/mol. The summed E-state index contributed by atoms with van der Waals surface area (Å²) >= 11 is 0. The van der Waals surface area contributed by atoms with Crippen molar-refractivity contribution in [3.05, 3.63) is 48.0 Å². The van der Waals surface area contributed by atoms with E-state index in [4.69, 9.17) is 14.2 Å². The van der Waals surface area contributed by atoms with E-state index in [0.29, 0.717) is 29.7 Å². The average molecular weight is 427 g/mol. The number of carbonyl (C=O) groups is 1. The molecule has 1 heterocycles. The zero-order valence-corrected chi connectivity index (χ0v) is 19.0. The zero-order valence-electron chi connectivity index (χ0n) is 19.0. The smallest absolute Gasteiger partial charge is 0.322 e. The van der Waals surface area contributed by atoms with Crippen LogP contribution in [0.25, 0.3) is 0 Å². The SMILES string of the molecule is COc1cccc(C2CCCN2C(=O)Nc2ccc(OC)c(OCCCC(C)C)c2)c1. The van der Waals surface area contributed by atoms with Gasteiger partial charge in [-0.05, 0) is 61.4 Å². The molecule has 1 unspecified atom stereocenters. The van der Waals surface area contributed by atoms with E-state index in [1.807, 2.05) is 41.3 Å². The first kappa shape index (κ1) is 22.8. The maximum atomic E-state index is 13.1. The molecule has 31 heavy (non-hydrogen) atoms. The molecule has 0 radical (unpaired) electrons. The van der Waals surface area contributed by atoms with Gasteiger partial charge < -0.3 is 24.4 Å². The standard InChI is InChI=1S/C25H34N2O4/c1-18(2)8-7-15-31-24-17-20(12-13-23(24)30-4)26-25(28)27-14-6-11-22(27)19-9-5-10-21(16-19)29-3/h5,9-10,12-13,16-18,22H,6-8,11,14-15H2,1-4H3,(H,26,28). The number of methoxy groups -OCH3 is 2. The number of benzene rings is 2. The van der Waals surface area contributed by atoms with Crippen LogP contribution in [0, 0.1) is 5.92 Å². The fourth-order valence-corrected chi connectivity index (χ4v) is 3.94. The van der Waals surface area contributed by atoms with Crippen LogP contribution in [-0.4, -0.2) is 38.3 Å². The first-order valence-corrected chi connectivity index (χ1v) is 11.0. The third-order valence-electron chi connectivity index (χ3n) is 5.59. The number of amides is 2. The number of anilines is 1. The molecule has 3 rings (SSSR count). The number of likely N-dealkylation sites (tertiary alicyclic amines) is 1. The number of hydrogen-bond donors (Lipinski definition) is 1. The predicted octanol–water partition coefficient (Wildman–Crippen LogP) is 5.89. The van der Waals surface area contributed by atoms with Crippen molar-refractivity contribution in [2.75, 3.05) is 32.7 Å². The Balaban J connectivity index is 1.68. The molecule has 0 spiro atoms. The summed E-state index contributed by atoms with van der Waals surface area (Å²) in [5.41, 5.74) is 1.79. The summed E-state index contributed by atoms with van der Waals surface area (Å²) in [6, 6.07) is 13.4. The summed E-state index contributed by atoms with van der Waals surface area (Å²) in [5, 5.41) is 3.03. The summed E-state index contributed by atoms with van der Waals surface area (Å²) < 4.78 is 16.7. The molecule has 2 aromatic carbocycles. The molecule has 1 N–H and O–H groups in total. The fourth-order valence-electron chi connectivity index (χ4n) is 3.94. The van der Waals surface area contributed by atoms with Gasteiger partial charge in [0.15, 0.2) is 11.5 Å². The van der Waals surface area contributed by atoms with Crippen molar-refractivity contribution >= 4 is 11.7 Å². The van der Waals surface area contributed by atoms with E-state index in [1.165, 1.54) is 0 Å². The minimum absolute atomic E-state index is 0.0418. The van der Waals surface area contributed by atoms with Crippen molar-refractivity contribution in [3.8, 4) is 17.2 Å². The van der Waals surface area contributed by atoms with Gasteiger partial charge in [-0.2, -0.15) is 0 Å². The van der Waals surface area contributed by atoms with Crippen LogP contribution in [0.15, 0.2) is 42.5 Å². The van der Waals surface area contributed by atoms with Crippen LogP contribution in [0.1, 0.15) is 51.1 Å². The average Bonchev–Trinajstić information content (AvgIpc) is 3.27. The van der Waals surface area contributed by atoms with Crippen LogP contribution in [0.3, 0.4) is 0 Å². The lowest BCUT2D eigenvalue weighted by molar-refractivity contribution is 0.207. The van der Waals surface area contributed by atoms with Crippen molar-refractivity contribution in [2.24, 2.45) is 5.92 Å². The largest absolute Gasteiger partial charge is 0.497 e.